The van der Waals surface area contributed by atoms with Crippen molar-refractivity contribution in [3.8, 4) is 5.75 Å². The summed E-state index contributed by atoms with van der Waals surface area (Å²) in [5.74, 6) is 0.733. The minimum atomic E-state index is 0.187. The number of rotatable bonds is 5. The van der Waals surface area contributed by atoms with E-state index < -0.39 is 0 Å². The zero-order valence-electron chi connectivity index (χ0n) is 8.29. The van der Waals surface area contributed by atoms with Crippen molar-refractivity contribution in [1.82, 2.24) is 0 Å². The minimum absolute atomic E-state index is 0.187. The van der Waals surface area contributed by atoms with Gasteiger partial charge in [0.25, 0.3) is 0 Å². The zero-order valence-corrected chi connectivity index (χ0v) is 8.29. The molecule has 0 fully saturated rings. The molecule has 0 unspecified atom stereocenters. The molecule has 1 aromatic rings. The van der Waals surface area contributed by atoms with Crippen LogP contribution < -0.4 is 15.8 Å². The third kappa shape index (κ3) is 3.14. The van der Waals surface area contributed by atoms with Gasteiger partial charge in [0.1, 0.15) is 5.75 Å². The number of nitrogens with two attached hydrogens (primary N) is 1. The fraction of sp³-hybridized carbons (Fsp3) is 0.400. The molecule has 0 spiro atoms. The van der Waals surface area contributed by atoms with Crippen LogP contribution in [0.1, 0.15) is 6.42 Å². The molecule has 0 aliphatic carbocycles. The Morgan fingerprint density at radius 1 is 1.43 bits per heavy atom. The molecule has 4 nitrogen and oxygen atoms in total. The van der Waals surface area contributed by atoms with Crippen LogP contribution in [0.3, 0.4) is 0 Å². The van der Waals surface area contributed by atoms with Gasteiger partial charge in [-0.05, 0) is 12.5 Å². The molecule has 0 aliphatic heterocycles. The lowest BCUT2D eigenvalue weighted by Crippen LogP contribution is -2.04. The molecule has 4 heteroatoms. The molecule has 4 N–H and O–H groups in total. The van der Waals surface area contributed by atoms with E-state index in [0.717, 1.165) is 24.4 Å². The number of anilines is 2. The summed E-state index contributed by atoms with van der Waals surface area (Å²) in [6.45, 7) is 0.912. The van der Waals surface area contributed by atoms with Gasteiger partial charge in [-0.25, -0.2) is 0 Å². The molecule has 0 radical (unpaired) electrons. The Bertz CT molecular complexity index is 289. The average Bonchev–Trinajstić information content (AvgIpc) is 2.17. The van der Waals surface area contributed by atoms with Crippen molar-refractivity contribution in [2.24, 2.45) is 0 Å². The summed E-state index contributed by atoms with van der Waals surface area (Å²) in [5.41, 5.74) is 7.24. The smallest absolute Gasteiger partial charge is 0.122 e. The Balaban J connectivity index is 2.62. The van der Waals surface area contributed by atoms with E-state index in [-0.39, 0.29) is 6.61 Å². The van der Waals surface area contributed by atoms with Gasteiger partial charge in [0.15, 0.2) is 0 Å². The number of aliphatic hydroxyl groups excluding tert-OH is 1. The molecule has 0 aromatic heterocycles. The van der Waals surface area contributed by atoms with Crippen LogP contribution in [0.5, 0.6) is 5.75 Å². The zero-order chi connectivity index (χ0) is 10.4. The second kappa shape index (κ2) is 5.34. The first kappa shape index (κ1) is 10.7. The molecule has 1 rings (SSSR count). The lowest BCUT2D eigenvalue weighted by atomic mass is 10.2. The van der Waals surface area contributed by atoms with Gasteiger partial charge >= 0.3 is 0 Å². The predicted molar refractivity (Wildman–Crippen MR) is 57.6 cm³/mol. The lowest BCUT2D eigenvalue weighted by Gasteiger charge is -2.08. The Morgan fingerprint density at radius 2 is 2.21 bits per heavy atom. The van der Waals surface area contributed by atoms with Gasteiger partial charge in [-0.15, -0.1) is 0 Å². The predicted octanol–water partition coefficient (Wildman–Crippen LogP) is 1.07. The molecule has 0 heterocycles. The summed E-state index contributed by atoms with van der Waals surface area (Å²) in [4.78, 5) is 0. The highest BCUT2D eigenvalue weighted by Gasteiger charge is 1.97. The van der Waals surface area contributed by atoms with Crippen molar-refractivity contribution in [1.29, 1.82) is 0 Å². The van der Waals surface area contributed by atoms with Gasteiger partial charge in [-0.2, -0.15) is 0 Å². The molecule has 0 aliphatic rings. The Hall–Kier alpha value is -1.42. The van der Waals surface area contributed by atoms with Gasteiger partial charge in [0.05, 0.1) is 7.11 Å². The van der Waals surface area contributed by atoms with E-state index >= 15 is 0 Å². The van der Waals surface area contributed by atoms with Crippen LogP contribution >= 0.6 is 0 Å². The van der Waals surface area contributed by atoms with Crippen LogP contribution in [0.4, 0.5) is 11.4 Å². The molecule has 0 saturated heterocycles. The van der Waals surface area contributed by atoms with Crippen molar-refractivity contribution in [3.05, 3.63) is 18.2 Å². The number of aliphatic hydroxyl groups is 1. The van der Waals surface area contributed by atoms with Gasteiger partial charge in [0.2, 0.25) is 0 Å². The summed E-state index contributed by atoms with van der Waals surface area (Å²) in [6.07, 6.45) is 0.719. The third-order valence-corrected chi connectivity index (χ3v) is 1.83. The maximum Gasteiger partial charge on any atom is 0.122 e. The van der Waals surface area contributed by atoms with Gasteiger partial charge in [0, 0.05) is 36.7 Å². The van der Waals surface area contributed by atoms with Crippen LogP contribution in [0.25, 0.3) is 0 Å². The second-order valence-corrected chi connectivity index (χ2v) is 3.00. The number of ether oxygens (including phenoxy) is 1. The Labute approximate surface area is 83.7 Å². The number of hydrogen-bond acceptors (Lipinski definition) is 4. The topological polar surface area (TPSA) is 67.5 Å². The van der Waals surface area contributed by atoms with E-state index in [1.165, 1.54) is 0 Å². The van der Waals surface area contributed by atoms with Crippen LogP contribution in [0.15, 0.2) is 18.2 Å². The number of benzene rings is 1. The van der Waals surface area contributed by atoms with E-state index in [1.54, 1.807) is 13.2 Å². The average molecular weight is 196 g/mol. The monoisotopic (exact) mass is 196 g/mol. The first-order valence-electron chi connectivity index (χ1n) is 4.55. The molecule has 0 amide bonds. The number of hydrogen-bond donors (Lipinski definition) is 3. The molecular formula is C10H16N2O2. The maximum atomic E-state index is 8.61. The number of nitrogen functional groups attached to an aromatic ring is 1. The fourth-order valence-electron chi connectivity index (χ4n) is 1.15. The van der Waals surface area contributed by atoms with Crippen LogP contribution in [0, 0.1) is 0 Å². The van der Waals surface area contributed by atoms with Gasteiger partial charge < -0.3 is 20.9 Å². The summed E-state index contributed by atoms with van der Waals surface area (Å²) in [7, 11) is 1.60. The van der Waals surface area contributed by atoms with Crippen molar-refractivity contribution in [2.75, 3.05) is 31.3 Å². The van der Waals surface area contributed by atoms with E-state index in [1.807, 2.05) is 12.1 Å². The molecule has 14 heavy (non-hydrogen) atoms. The number of nitrogens with one attached hydrogen (secondary N) is 1. The van der Waals surface area contributed by atoms with Gasteiger partial charge in [-0.1, -0.05) is 0 Å². The van der Waals surface area contributed by atoms with E-state index in [4.69, 9.17) is 15.6 Å². The first-order chi connectivity index (χ1) is 6.76. The fourth-order valence-corrected chi connectivity index (χ4v) is 1.15. The minimum Gasteiger partial charge on any atom is -0.497 e. The first-order valence-corrected chi connectivity index (χ1v) is 4.55. The Kier molecular flexibility index (Phi) is 4.07. The van der Waals surface area contributed by atoms with E-state index in [9.17, 15) is 0 Å². The third-order valence-electron chi connectivity index (χ3n) is 1.83. The lowest BCUT2D eigenvalue weighted by molar-refractivity contribution is 0.292. The van der Waals surface area contributed by atoms with Crippen LogP contribution in [-0.2, 0) is 0 Å². The summed E-state index contributed by atoms with van der Waals surface area (Å²) < 4.78 is 5.07. The molecular weight excluding hydrogens is 180 g/mol. The van der Waals surface area contributed by atoms with Crippen LogP contribution in [0.2, 0.25) is 0 Å². The summed E-state index contributed by atoms with van der Waals surface area (Å²) in [6, 6.07) is 5.46. The van der Waals surface area contributed by atoms with E-state index in [0.29, 0.717) is 5.69 Å². The van der Waals surface area contributed by atoms with Crippen LogP contribution in [-0.4, -0.2) is 25.4 Å². The molecule has 1 aromatic carbocycles. The van der Waals surface area contributed by atoms with Crippen molar-refractivity contribution < 1.29 is 9.84 Å². The highest BCUT2D eigenvalue weighted by atomic mass is 16.5. The highest BCUT2D eigenvalue weighted by Crippen LogP contribution is 2.21. The molecule has 0 saturated carbocycles. The molecule has 0 atom stereocenters. The largest absolute Gasteiger partial charge is 0.497 e. The van der Waals surface area contributed by atoms with Crippen molar-refractivity contribution >= 4 is 11.4 Å². The van der Waals surface area contributed by atoms with Gasteiger partial charge in [-0.3, -0.25) is 0 Å². The SMILES string of the molecule is COc1cc(N)cc(NCCCO)c1. The second-order valence-electron chi connectivity index (χ2n) is 3.00. The number of methoxy groups -OCH3 is 1. The summed E-state index contributed by atoms with van der Waals surface area (Å²) in [5, 5.41) is 11.8. The molecule has 0 bridgehead atoms. The maximum absolute atomic E-state index is 8.61. The van der Waals surface area contributed by atoms with Crippen molar-refractivity contribution in [2.45, 2.75) is 6.42 Å². The quantitative estimate of drug-likeness (QED) is 0.487. The Morgan fingerprint density at radius 3 is 2.86 bits per heavy atom. The highest BCUT2D eigenvalue weighted by molar-refractivity contribution is 5.59. The normalized spacial score (nSPS) is 9.86. The standard InChI is InChI=1S/C10H16N2O2/c1-14-10-6-8(11)5-9(7-10)12-3-2-4-13/h5-7,12-13H,2-4,11H2,1H3. The van der Waals surface area contributed by atoms with Crippen molar-refractivity contribution in [3.63, 3.8) is 0 Å². The summed E-state index contributed by atoms with van der Waals surface area (Å²) >= 11 is 0. The molecule has 78 valence electrons. The van der Waals surface area contributed by atoms with E-state index in [2.05, 4.69) is 5.32 Å².